The lowest BCUT2D eigenvalue weighted by Crippen LogP contribution is -2.25. The molecular formula is C19H20O5S. The number of carbonyl (C=O) groups is 2. The number of ketones is 1. The van der Waals surface area contributed by atoms with E-state index in [1.54, 1.807) is 42.5 Å². The Kier molecular flexibility index (Phi) is 6.09. The normalized spacial score (nSPS) is 12.4. The van der Waals surface area contributed by atoms with Gasteiger partial charge < -0.3 is 4.74 Å². The molecule has 1 atom stereocenters. The largest absolute Gasteiger partial charge is 0.454 e. The molecule has 0 aliphatic carbocycles. The van der Waals surface area contributed by atoms with Gasteiger partial charge in [-0.2, -0.15) is 0 Å². The lowest BCUT2D eigenvalue weighted by molar-refractivity contribution is -0.145. The molecule has 5 nitrogen and oxygen atoms in total. The summed E-state index contributed by atoms with van der Waals surface area (Å²) in [4.78, 5) is 24.2. The van der Waals surface area contributed by atoms with E-state index in [0.29, 0.717) is 5.56 Å². The first-order valence-electron chi connectivity index (χ1n) is 7.88. The van der Waals surface area contributed by atoms with E-state index in [1.165, 1.54) is 19.1 Å². The number of hydrogen-bond donors (Lipinski definition) is 0. The molecule has 2 aromatic rings. The van der Waals surface area contributed by atoms with Crippen LogP contribution in [0.2, 0.25) is 0 Å². The third-order valence-corrected chi connectivity index (χ3v) is 5.42. The summed E-state index contributed by atoms with van der Waals surface area (Å²) < 4.78 is 29.5. The second-order valence-corrected chi connectivity index (χ2v) is 7.85. The van der Waals surface area contributed by atoms with Crippen LogP contribution in [0.5, 0.6) is 0 Å². The van der Waals surface area contributed by atoms with E-state index in [9.17, 15) is 18.0 Å². The average molecular weight is 360 g/mol. The van der Waals surface area contributed by atoms with Gasteiger partial charge in [0.05, 0.1) is 17.1 Å². The van der Waals surface area contributed by atoms with Crippen molar-refractivity contribution in [1.29, 1.82) is 0 Å². The summed E-state index contributed by atoms with van der Waals surface area (Å²) in [5, 5.41) is 0. The van der Waals surface area contributed by atoms with Crippen LogP contribution in [0.25, 0.3) is 0 Å². The van der Waals surface area contributed by atoms with Crippen LogP contribution >= 0.6 is 0 Å². The fourth-order valence-electron chi connectivity index (χ4n) is 2.23. The summed E-state index contributed by atoms with van der Waals surface area (Å²) in [6, 6.07) is 14.9. The predicted molar refractivity (Wildman–Crippen MR) is 94.2 cm³/mol. The van der Waals surface area contributed by atoms with Crippen molar-refractivity contribution in [3.05, 3.63) is 65.7 Å². The summed E-state index contributed by atoms with van der Waals surface area (Å²) in [6.45, 7) is 3.33. The van der Waals surface area contributed by atoms with Gasteiger partial charge in [-0.1, -0.05) is 48.0 Å². The number of carbonyl (C=O) groups excluding carboxylic acids is 2. The van der Waals surface area contributed by atoms with Crippen molar-refractivity contribution in [3.8, 4) is 0 Å². The Morgan fingerprint density at radius 3 is 2.20 bits per heavy atom. The minimum Gasteiger partial charge on any atom is -0.454 e. The van der Waals surface area contributed by atoms with Crippen LogP contribution < -0.4 is 0 Å². The highest BCUT2D eigenvalue weighted by atomic mass is 32.2. The second-order valence-electron chi connectivity index (χ2n) is 5.74. The summed E-state index contributed by atoms with van der Waals surface area (Å²) in [5.41, 5.74) is 1.39. The van der Waals surface area contributed by atoms with Gasteiger partial charge in [0.25, 0.3) is 0 Å². The van der Waals surface area contributed by atoms with E-state index in [2.05, 4.69) is 0 Å². The Labute approximate surface area is 147 Å². The molecule has 1 unspecified atom stereocenters. The number of benzene rings is 2. The number of esters is 1. The van der Waals surface area contributed by atoms with Crippen LogP contribution in [0, 0.1) is 6.92 Å². The Bertz CT molecular complexity index is 839. The van der Waals surface area contributed by atoms with E-state index in [0.717, 1.165) is 5.56 Å². The van der Waals surface area contributed by atoms with E-state index < -0.39 is 21.9 Å². The van der Waals surface area contributed by atoms with Crippen molar-refractivity contribution < 1.29 is 22.7 Å². The SMILES string of the molecule is Cc1ccc(S(=O)(=O)CCC(=O)OC(C)C(=O)c2ccccc2)cc1. The van der Waals surface area contributed by atoms with E-state index in [4.69, 9.17) is 4.74 Å². The van der Waals surface area contributed by atoms with Crippen molar-refractivity contribution in [1.82, 2.24) is 0 Å². The number of ether oxygens (including phenoxy) is 1. The zero-order valence-electron chi connectivity index (χ0n) is 14.1. The topological polar surface area (TPSA) is 77.5 Å². The highest BCUT2D eigenvalue weighted by Crippen LogP contribution is 2.14. The molecule has 25 heavy (non-hydrogen) atoms. The molecule has 0 saturated heterocycles. The summed E-state index contributed by atoms with van der Waals surface area (Å²) >= 11 is 0. The van der Waals surface area contributed by atoms with Crippen LogP contribution in [0.4, 0.5) is 0 Å². The Balaban J connectivity index is 1.91. The van der Waals surface area contributed by atoms with Gasteiger partial charge in [0, 0.05) is 5.56 Å². The monoisotopic (exact) mass is 360 g/mol. The van der Waals surface area contributed by atoms with Gasteiger partial charge in [-0.05, 0) is 26.0 Å². The van der Waals surface area contributed by atoms with Crippen LogP contribution in [-0.4, -0.2) is 32.0 Å². The molecule has 0 aliphatic rings. The highest BCUT2D eigenvalue weighted by molar-refractivity contribution is 7.91. The molecule has 132 valence electrons. The van der Waals surface area contributed by atoms with Gasteiger partial charge in [-0.15, -0.1) is 0 Å². The van der Waals surface area contributed by atoms with Crippen LogP contribution in [0.15, 0.2) is 59.5 Å². The molecule has 0 aromatic heterocycles. The van der Waals surface area contributed by atoms with Crippen molar-refractivity contribution >= 4 is 21.6 Å². The first kappa shape index (κ1) is 18.9. The Morgan fingerprint density at radius 2 is 1.60 bits per heavy atom. The van der Waals surface area contributed by atoms with Gasteiger partial charge >= 0.3 is 5.97 Å². The molecule has 2 aromatic carbocycles. The van der Waals surface area contributed by atoms with Crippen LogP contribution in [0.3, 0.4) is 0 Å². The fourth-order valence-corrected chi connectivity index (χ4v) is 3.45. The van der Waals surface area contributed by atoms with E-state index >= 15 is 0 Å². The molecular weight excluding hydrogens is 340 g/mol. The standard InChI is InChI=1S/C19H20O5S/c1-14-8-10-17(11-9-14)25(22,23)13-12-18(20)24-15(2)19(21)16-6-4-3-5-7-16/h3-11,15H,12-13H2,1-2H3. The molecule has 0 N–H and O–H groups in total. The number of rotatable bonds is 7. The second kappa shape index (κ2) is 8.07. The molecule has 0 heterocycles. The Hall–Kier alpha value is -2.47. The first-order valence-corrected chi connectivity index (χ1v) is 9.53. The molecule has 2 rings (SSSR count). The lowest BCUT2D eigenvalue weighted by Gasteiger charge is -2.12. The number of Topliss-reactive ketones (excluding diaryl/α,β-unsaturated/α-hetero) is 1. The predicted octanol–water partition coefficient (Wildman–Crippen LogP) is 2.97. The van der Waals surface area contributed by atoms with E-state index in [-0.39, 0.29) is 22.9 Å². The van der Waals surface area contributed by atoms with Crippen molar-refractivity contribution in [2.45, 2.75) is 31.3 Å². The maximum atomic E-state index is 12.2. The summed E-state index contributed by atoms with van der Waals surface area (Å²) in [6.07, 6.45) is -1.26. The summed E-state index contributed by atoms with van der Waals surface area (Å²) in [5.74, 6) is -1.40. The zero-order valence-corrected chi connectivity index (χ0v) is 15.0. The smallest absolute Gasteiger partial charge is 0.307 e. The average Bonchev–Trinajstić information content (AvgIpc) is 2.60. The molecule has 0 saturated carbocycles. The maximum absolute atomic E-state index is 12.2. The molecule has 0 spiro atoms. The maximum Gasteiger partial charge on any atom is 0.307 e. The molecule has 6 heteroatoms. The van der Waals surface area contributed by atoms with Gasteiger partial charge in [0.15, 0.2) is 15.9 Å². The number of hydrogen-bond acceptors (Lipinski definition) is 5. The van der Waals surface area contributed by atoms with Gasteiger partial charge in [-0.3, -0.25) is 9.59 Å². The highest BCUT2D eigenvalue weighted by Gasteiger charge is 2.21. The quantitative estimate of drug-likeness (QED) is 0.560. The van der Waals surface area contributed by atoms with Crippen molar-refractivity contribution in [2.24, 2.45) is 0 Å². The summed E-state index contributed by atoms with van der Waals surface area (Å²) in [7, 11) is -3.57. The number of aryl methyl sites for hydroxylation is 1. The van der Waals surface area contributed by atoms with Gasteiger partial charge in [0.1, 0.15) is 0 Å². The van der Waals surface area contributed by atoms with Crippen LogP contribution in [0.1, 0.15) is 29.3 Å². The van der Waals surface area contributed by atoms with Crippen molar-refractivity contribution in [3.63, 3.8) is 0 Å². The first-order chi connectivity index (χ1) is 11.8. The third-order valence-electron chi connectivity index (χ3n) is 3.69. The molecule has 0 aliphatic heterocycles. The Morgan fingerprint density at radius 1 is 1.00 bits per heavy atom. The third kappa shape index (κ3) is 5.26. The zero-order chi connectivity index (χ0) is 18.4. The van der Waals surface area contributed by atoms with E-state index in [1.807, 2.05) is 6.92 Å². The fraction of sp³-hybridized carbons (Fsp3) is 0.263. The molecule has 0 amide bonds. The minimum atomic E-state index is -3.57. The number of sulfone groups is 1. The molecule has 0 bridgehead atoms. The minimum absolute atomic E-state index is 0.166. The van der Waals surface area contributed by atoms with Crippen LogP contribution in [-0.2, 0) is 19.4 Å². The van der Waals surface area contributed by atoms with Gasteiger partial charge in [-0.25, -0.2) is 8.42 Å². The van der Waals surface area contributed by atoms with Gasteiger partial charge in [0.2, 0.25) is 5.78 Å². The van der Waals surface area contributed by atoms with Crippen molar-refractivity contribution in [2.75, 3.05) is 5.75 Å². The lowest BCUT2D eigenvalue weighted by atomic mass is 10.1. The molecule has 0 fully saturated rings. The molecule has 0 radical (unpaired) electrons.